The molecule has 0 amide bonds. The van der Waals surface area contributed by atoms with Crippen molar-refractivity contribution in [1.82, 2.24) is 9.80 Å². The van der Waals surface area contributed by atoms with E-state index in [9.17, 15) is 5.11 Å². The van der Waals surface area contributed by atoms with E-state index < -0.39 is 0 Å². The maximum Gasteiger partial charge on any atom is 0.134 e. The lowest BCUT2D eigenvalue weighted by atomic mass is 9.94. The van der Waals surface area contributed by atoms with Gasteiger partial charge in [0.15, 0.2) is 0 Å². The molecule has 1 N–H and O–H groups in total. The van der Waals surface area contributed by atoms with Crippen LogP contribution >= 0.6 is 31.9 Å². The second-order valence-corrected chi connectivity index (χ2v) is 11.5. The fraction of sp³-hybridized carbons (Fsp3) is 0.219. The molecule has 1 heterocycles. The van der Waals surface area contributed by atoms with Gasteiger partial charge in [-0.05, 0) is 51.7 Å². The minimum absolute atomic E-state index is 0.000832. The van der Waals surface area contributed by atoms with Crippen molar-refractivity contribution in [2.75, 3.05) is 13.6 Å². The molecule has 4 nitrogen and oxygen atoms in total. The van der Waals surface area contributed by atoms with Crippen LogP contribution in [0, 0.1) is 0 Å². The molecule has 4 aromatic carbocycles. The Morgan fingerprint density at radius 3 is 2.05 bits per heavy atom. The molecule has 0 saturated heterocycles. The summed E-state index contributed by atoms with van der Waals surface area (Å²) >= 11 is 7.10. The second kappa shape index (κ2) is 11.9. The molecular formula is C32H31Br2N3O. The SMILES string of the molecule is C[C@@H](c1ccccc1)N(CC1=N[C@@H](c2ccccc2)[C@H](c2ccccc2)N1C)Cc1cc(Br)cc(Br)c1O. The van der Waals surface area contributed by atoms with Gasteiger partial charge in [-0.2, -0.15) is 0 Å². The van der Waals surface area contributed by atoms with Gasteiger partial charge in [-0.1, -0.05) is 107 Å². The summed E-state index contributed by atoms with van der Waals surface area (Å²) in [4.78, 5) is 10.0. The minimum atomic E-state index is 0.000832. The lowest BCUT2D eigenvalue weighted by Crippen LogP contribution is -2.38. The largest absolute Gasteiger partial charge is 0.506 e. The van der Waals surface area contributed by atoms with Crippen molar-refractivity contribution in [3.63, 3.8) is 0 Å². The van der Waals surface area contributed by atoms with Crippen LogP contribution in [-0.4, -0.2) is 34.3 Å². The Balaban J connectivity index is 1.52. The zero-order valence-electron chi connectivity index (χ0n) is 21.5. The lowest BCUT2D eigenvalue weighted by Gasteiger charge is -2.33. The fourth-order valence-electron chi connectivity index (χ4n) is 5.22. The van der Waals surface area contributed by atoms with Crippen molar-refractivity contribution in [2.24, 2.45) is 4.99 Å². The van der Waals surface area contributed by atoms with Crippen LogP contribution in [0.1, 0.15) is 47.3 Å². The Labute approximate surface area is 241 Å². The van der Waals surface area contributed by atoms with E-state index in [0.29, 0.717) is 17.6 Å². The summed E-state index contributed by atoms with van der Waals surface area (Å²) in [6.07, 6.45) is 0. The summed E-state index contributed by atoms with van der Waals surface area (Å²) in [6, 6.07) is 35.8. The van der Waals surface area contributed by atoms with E-state index >= 15 is 0 Å². The molecule has 4 aromatic rings. The van der Waals surface area contributed by atoms with Crippen molar-refractivity contribution in [3.05, 3.63) is 134 Å². The molecule has 194 valence electrons. The molecule has 38 heavy (non-hydrogen) atoms. The molecule has 0 aromatic heterocycles. The van der Waals surface area contributed by atoms with Gasteiger partial charge in [0.05, 0.1) is 17.1 Å². The number of halogens is 2. The Morgan fingerprint density at radius 2 is 1.42 bits per heavy atom. The van der Waals surface area contributed by atoms with Gasteiger partial charge in [0.2, 0.25) is 0 Å². The highest BCUT2D eigenvalue weighted by molar-refractivity contribution is 9.11. The third kappa shape index (κ3) is 5.73. The van der Waals surface area contributed by atoms with Crippen molar-refractivity contribution in [1.29, 1.82) is 0 Å². The molecule has 0 radical (unpaired) electrons. The highest BCUT2D eigenvalue weighted by Gasteiger charge is 2.37. The first-order valence-corrected chi connectivity index (χ1v) is 14.4. The first kappa shape index (κ1) is 26.7. The number of amidine groups is 1. The third-order valence-electron chi connectivity index (χ3n) is 7.35. The van der Waals surface area contributed by atoms with Crippen molar-refractivity contribution in [3.8, 4) is 5.75 Å². The van der Waals surface area contributed by atoms with E-state index in [1.54, 1.807) is 0 Å². The number of nitrogens with zero attached hydrogens (tertiary/aromatic N) is 3. The van der Waals surface area contributed by atoms with Gasteiger partial charge in [0.1, 0.15) is 17.6 Å². The van der Waals surface area contributed by atoms with Gasteiger partial charge >= 0.3 is 0 Å². The van der Waals surface area contributed by atoms with Crippen LogP contribution in [0.5, 0.6) is 5.75 Å². The quantitative estimate of drug-likeness (QED) is 0.212. The van der Waals surface area contributed by atoms with E-state index in [1.165, 1.54) is 16.7 Å². The second-order valence-electron chi connectivity index (χ2n) is 9.75. The first-order valence-electron chi connectivity index (χ1n) is 12.8. The maximum absolute atomic E-state index is 10.9. The molecule has 0 aliphatic carbocycles. The highest BCUT2D eigenvalue weighted by Crippen LogP contribution is 2.42. The van der Waals surface area contributed by atoms with Crippen LogP contribution in [0.4, 0.5) is 0 Å². The zero-order chi connectivity index (χ0) is 26.6. The van der Waals surface area contributed by atoms with Crippen LogP contribution in [-0.2, 0) is 6.54 Å². The molecular weight excluding hydrogens is 602 g/mol. The number of phenolic OH excluding ortho intramolecular Hbond substituents is 1. The normalized spacial score (nSPS) is 18.0. The summed E-state index contributed by atoms with van der Waals surface area (Å²) in [5.74, 6) is 1.30. The number of aromatic hydroxyl groups is 1. The molecule has 0 saturated carbocycles. The predicted molar refractivity (Wildman–Crippen MR) is 162 cm³/mol. The van der Waals surface area contributed by atoms with E-state index in [2.05, 4.69) is 141 Å². The van der Waals surface area contributed by atoms with E-state index in [1.807, 2.05) is 18.2 Å². The first-order chi connectivity index (χ1) is 18.4. The van der Waals surface area contributed by atoms with E-state index in [-0.39, 0.29) is 23.9 Å². The van der Waals surface area contributed by atoms with Gasteiger partial charge < -0.3 is 10.0 Å². The van der Waals surface area contributed by atoms with Crippen LogP contribution in [0.15, 0.2) is 117 Å². The molecule has 3 atom stereocenters. The number of hydrogen-bond donors (Lipinski definition) is 1. The molecule has 0 fully saturated rings. The van der Waals surface area contributed by atoms with Gasteiger partial charge in [-0.25, -0.2) is 0 Å². The Hall–Kier alpha value is -2.93. The van der Waals surface area contributed by atoms with Crippen molar-refractivity contribution < 1.29 is 5.11 Å². The van der Waals surface area contributed by atoms with Gasteiger partial charge in [-0.15, -0.1) is 0 Å². The molecule has 1 aliphatic heterocycles. The van der Waals surface area contributed by atoms with Gasteiger partial charge in [0.25, 0.3) is 0 Å². The minimum Gasteiger partial charge on any atom is -0.506 e. The standard InChI is InChI=1S/C32H31Br2N3O/c1-22(23-12-6-3-7-13-23)37(20-26-18-27(33)19-28(34)32(26)38)21-29-35-30(24-14-8-4-9-15-24)31(36(29)2)25-16-10-5-11-17-25/h3-19,22,30-31,38H,20-21H2,1-2H3/t22-,30-,31-/m0/s1. The monoisotopic (exact) mass is 631 g/mol. The summed E-state index contributed by atoms with van der Waals surface area (Å²) in [5, 5.41) is 10.9. The summed E-state index contributed by atoms with van der Waals surface area (Å²) in [5.41, 5.74) is 4.54. The molecule has 6 heteroatoms. The molecule has 5 rings (SSSR count). The number of rotatable bonds is 8. The number of benzene rings is 4. The Morgan fingerprint density at radius 1 is 0.842 bits per heavy atom. The Bertz CT molecular complexity index is 1400. The topological polar surface area (TPSA) is 39.1 Å². The molecule has 0 spiro atoms. The maximum atomic E-state index is 10.9. The zero-order valence-corrected chi connectivity index (χ0v) is 24.7. The van der Waals surface area contributed by atoms with E-state index in [4.69, 9.17) is 4.99 Å². The Kier molecular flexibility index (Phi) is 8.32. The summed E-state index contributed by atoms with van der Waals surface area (Å²) in [7, 11) is 2.15. The average Bonchev–Trinajstić information content (AvgIpc) is 3.27. The van der Waals surface area contributed by atoms with E-state index in [0.717, 1.165) is 15.9 Å². The lowest BCUT2D eigenvalue weighted by molar-refractivity contribution is 0.221. The average molecular weight is 633 g/mol. The van der Waals surface area contributed by atoms with Gasteiger partial charge in [-0.3, -0.25) is 9.89 Å². The molecule has 0 unspecified atom stereocenters. The summed E-state index contributed by atoms with van der Waals surface area (Å²) < 4.78 is 1.60. The summed E-state index contributed by atoms with van der Waals surface area (Å²) in [6.45, 7) is 3.43. The smallest absolute Gasteiger partial charge is 0.134 e. The number of likely N-dealkylation sites (N-methyl/N-ethyl adjacent to an activating group) is 1. The highest BCUT2D eigenvalue weighted by atomic mass is 79.9. The van der Waals surface area contributed by atoms with Crippen molar-refractivity contribution in [2.45, 2.75) is 31.6 Å². The van der Waals surface area contributed by atoms with Gasteiger partial charge in [0, 0.05) is 29.7 Å². The molecule has 1 aliphatic rings. The number of aliphatic imine (C=N–C) groups is 1. The van der Waals surface area contributed by atoms with Crippen LogP contribution < -0.4 is 0 Å². The predicted octanol–water partition coefficient (Wildman–Crippen LogP) is 8.31. The van der Waals surface area contributed by atoms with Crippen molar-refractivity contribution >= 4 is 37.7 Å². The number of hydrogen-bond acceptors (Lipinski definition) is 4. The molecule has 0 bridgehead atoms. The van der Waals surface area contributed by atoms with Crippen LogP contribution in [0.3, 0.4) is 0 Å². The third-order valence-corrected chi connectivity index (χ3v) is 8.41. The van der Waals surface area contributed by atoms with Crippen LogP contribution in [0.25, 0.3) is 0 Å². The van der Waals surface area contributed by atoms with Crippen LogP contribution in [0.2, 0.25) is 0 Å². The number of phenols is 1. The fourth-order valence-corrected chi connectivity index (χ4v) is 6.54.